The van der Waals surface area contributed by atoms with Gasteiger partial charge in [-0.2, -0.15) is 0 Å². The van der Waals surface area contributed by atoms with Crippen LogP contribution in [0.15, 0.2) is 41.5 Å². The highest BCUT2D eigenvalue weighted by atomic mass is 16.6. The van der Waals surface area contributed by atoms with E-state index in [4.69, 9.17) is 9.47 Å². The molecule has 0 saturated carbocycles. The number of fused-ring (bicyclic) bond motifs is 1. The lowest BCUT2D eigenvalue weighted by Gasteiger charge is -2.31. The number of benzene rings is 1. The Morgan fingerprint density at radius 3 is 2.71 bits per heavy atom. The normalized spacial score (nSPS) is 18.9. The Morgan fingerprint density at radius 1 is 1.29 bits per heavy atom. The van der Waals surface area contributed by atoms with E-state index in [0.29, 0.717) is 30.3 Å². The van der Waals surface area contributed by atoms with Gasteiger partial charge >= 0.3 is 0 Å². The van der Waals surface area contributed by atoms with Gasteiger partial charge in [-0.15, -0.1) is 0 Å². The van der Waals surface area contributed by atoms with E-state index in [9.17, 15) is 9.59 Å². The van der Waals surface area contributed by atoms with Gasteiger partial charge in [0.15, 0.2) is 11.5 Å². The minimum Gasteiger partial charge on any atom is -0.482 e. The summed E-state index contributed by atoms with van der Waals surface area (Å²) in [5.74, 6) is 0.908. The van der Waals surface area contributed by atoms with Crippen LogP contribution in [0.4, 0.5) is 0 Å². The molecule has 0 fully saturated rings. The molecule has 2 aromatic rings. The molecular formula is C17H19N3O4. The molecule has 0 bridgehead atoms. The minimum atomic E-state index is -0.729. The Bertz CT molecular complexity index is 802. The van der Waals surface area contributed by atoms with Crippen molar-refractivity contribution in [2.24, 2.45) is 0 Å². The molecule has 3 rings (SSSR count). The molecule has 2 heterocycles. The lowest BCUT2D eigenvalue weighted by molar-refractivity contribution is -0.133. The lowest BCUT2D eigenvalue weighted by atomic mass is 10.1. The summed E-state index contributed by atoms with van der Waals surface area (Å²) in [5.41, 5.74) is 0.525. The number of rotatable bonds is 4. The number of para-hydroxylation sites is 2. The first kappa shape index (κ1) is 16.0. The summed E-state index contributed by atoms with van der Waals surface area (Å²) in [6, 6.07) is 8.70. The van der Waals surface area contributed by atoms with E-state index in [-0.39, 0.29) is 11.5 Å². The summed E-state index contributed by atoms with van der Waals surface area (Å²) in [4.78, 5) is 28.2. The van der Waals surface area contributed by atoms with Crippen LogP contribution >= 0.6 is 0 Å². The van der Waals surface area contributed by atoms with Crippen molar-refractivity contribution in [3.05, 3.63) is 52.7 Å². The monoisotopic (exact) mass is 329 g/mol. The average molecular weight is 329 g/mol. The largest absolute Gasteiger partial charge is 0.482 e. The van der Waals surface area contributed by atoms with E-state index in [1.165, 1.54) is 17.0 Å². The molecule has 1 aromatic carbocycles. The fraction of sp³-hybridized carbons (Fsp3) is 0.353. The molecule has 2 unspecified atom stereocenters. The maximum Gasteiger partial charge on any atom is 0.265 e. The number of hydrogen-bond acceptors (Lipinski definition) is 5. The van der Waals surface area contributed by atoms with Crippen molar-refractivity contribution in [2.75, 3.05) is 6.54 Å². The molecule has 0 aliphatic carbocycles. The second-order valence-corrected chi connectivity index (χ2v) is 5.66. The van der Waals surface area contributed by atoms with E-state index < -0.39 is 12.2 Å². The molecule has 0 spiro atoms. The number of carbonyl (C=O) groups is 1. The van der Waals surface area contributed by atoms with Gasteiger partial charge in [0.1, 0.15) is 6.10 Å². The predicted octanol–water partition coefficient (Wildman–Crippen LogP) is 0.896. The van der Waals surface area contributed by atoms with Crippen molar-refractivity contribution >= 4 is 5.91 Å². The number of hydrogen-bond donors (Lipinski definition) is 1. The quantitative estimate of drug-likeness (QED) is 0.901. The van der Waals surface area contributed by atoms with Crippen molar-refractivity contribution < 1.29 is 14.3 Å². The van der Waals surface area contributed by atoms with Crippen LogP contribution in [-0.4, -0.2) is 34.2 Å². The van der Waals surface area contributed by atoms with Crippen LogP contribution in [0.1, 0.15) is 12.6 Å². The summed E-state index contributed by atoms with van der Waals surface area (Å²) in [7, 11) is 0. The average Bonchev–Trinajstić information content (AvgIpc) is 2.56. The molecule has 24 heavy (non-hydrogen) atoms. The minimum absolute atomic E-state index is 0.142. The van der Waals surface area contributed by atoms with Gasteiger partial charge in [0, 0.05) is 24.8 Å². The van der Waals surface area contributed by atoms with E-state index >= 15 is 0 Å². The Kier molecular flexibility index (Phi) is 4.50. The van der Waals surface area contributed by atoms with Crippen molar-refractivity contribution in [3.8, 4) is 11.5 Å². The maximum atomic E-state index is 12.3. The number of aromatic nitrogens is 2. The second-order valence-electron chi connectivity index (χ2n) is 5.66. The summed E-state index contributed by atoms with van der Waals surface area (Å²) in [5, 5.41) is 2.77. The Balaban J connectivity index is 1.58. The fourth-order valence-electron chi connectivity index (χ4n) is 2.49. The third-order valence-corrected chi connectivity index (χ3v) is 3.77. The fourth-order valence-corrected chi connectivity index (χ4v) is 2.49. The van der Waals surface area contributed by atoms with Crippen molar-refractivity contribution in [3.63, 3.8) is 0 Å². The zero-order valence-corrected chi connectivity index (χ0v) is 13.6. The molecule has 1 aromatic heterocycles. The number of nitrogens with zero attached hydrogens (tertiary/aromatic N) is 2. The zero-order chi connectivity index (χ0) is 17.1. The van der Waals surface area contributed by atoms with Crippen LogP contribution in [0.5, 0.6) is 11.5 Å². The van der Waals surface area contributed by atoms with Crippen LogP contribution < -0.4 is 20.3 Å². The van der Waals surface area contributed by atoms with E-state index in [0.717, 1.165) is 0 Å². The molecule has 126 valence electrons. The van der Waals surface area contributed by atoms with Gasteiger partial charge in [0.2, 0.25) is 6.10 Å². The second kappa shape index (κ2) is 6.74. The molecule has 2 atom stereocenters. The molecule has 7 heteroatoms. The van der Waals surface area contributed by atoms with Crippen LogP contribution in [0.25, 0.3) is 0 Å². The molecule has 1 N–H and O–H groups in total. The molecule has 1 aliphatic rings. The highest BCUT2D eigenvalue weighted by Crippen LogP contribution is 2.33. The predicted molar refractivity (Wildman–Crippen MR) is 87.2 cm³/mol. The van der Waals surface area contributed by atoms with Gasteiger partial charge < -0.3 is 14.8 Å². The number of carbonyl (C=O) groups excluding carboxylic acids is 1. The van der Waals surface area contributed by atoms with Crippen molar-refractivity contribution in [2.45, 2.75) is 32.6 Å². The SMILES string of the molecule is Cc1cc(=O)n(CCNC(=O)C2Oc3ccccc3OC2C)cn1. The summed E-state index contributed by atoms with van der Waals surface area (Å²) in [6.45, 7) is 4.19. The van der Waals surface area contributed by atoms with Crippen molar-refractivity contribution in [1.82, 2.24) is 14.9 Å². The van der Waals surface area contributed by atoms with E-state index in [2.05, 4.69) is 10.3 Å². The molecule has 0 saturated heterocycles. The summed E-state index contributed by atoms with van der Waals surface area (Å²) in [6.07, 6.45) is 0.347. The van der Waals surface area contributed by atoms with Crippen LogP contribution in [0.3, 0.4) is 0 Å². The first-order valence-corrected chi connectivity index (χ1v) is 7.78. The van der Waals surface area contributed by atoms with Crippen molar-refractivity contribution in [1.29, 1.82) is 0 Å². The Morgan fingerprint density at radius 2 is 2.00 bits per heavy atom. The Hall–Kier alpha value is -2.83. The highest BCUT2D eigenvalue weighted by Gasteiger charge is 2.33. The summed E-state index contributed by atoms with van der Waals surface area (Å²) < 4.78 is 12.9. The topological polar surface area (TPSA) is 82.5 Å². The van der Waals surface area contributed by atoms with Gasteiger partial charge in [0.05, 0.1) is 6.33 Å². The maximum absolute atomic E-state index is 12.3. The number of nitrogens with one attached hydrogen (secondary N) is 1. The van der Waals surface area contributed by atoms with Gasteiger partial charge in [-0.05, 0) is 26.0 Å². The standard InChI is InChI=1S/C17H19N3O4/c1-11-9-15(21)20(10-19-11)8-7-18-17(22)16-12(2)23-13-5-3-4-6-14(13)24-16/h3-6,9-10,12,16H,7-8H2,1-2H3,(H,18,22). The molecule has 0 radical (unpaired) electrons. The first-order chi connectivity index (χ1) is 11.5. The van der Waals surface area contributed by atoms with Crippen LogP contribution in [0.2, 0.25) is 0 Å². The van der Waals surface area contributed by atoms with Crippen LogP contribution in [-0.2, 0) is 11.3 Å². The van der Waals surface area contributed by atoms with Gasteiger partial charge in [0.25, 0.3) is 11.5 Å². The number of amides is 1. The third kappa shape index (κ3) is 3.40. The Labute approximate surface area is 139 Å². The highest BCUT2D eigenvalue weighted by molar-refractivity contribution is 5.82. The molecule has 1 aliphatic heterocycles. The number of aryl methyl sites for hydroxylation is 1. The smallest absolute Gasteiger partial charge is 0.265 e. The van der Waals surface area contributed by atoms with Gasteiger partial charge in [-0.25, -0.2) is 4.98 Å². The molecular weight excluding hydrogens is 310 g/mol. The third-order valence-electron chi connectivity index (χ3n) is 3.77. The first-order valence-electron chi connectivity index (χ1n) is 7.78. The van der Waals surface area contributed by atoms with Crippen LogP contribution in [0, 0.1) is 6.92 Å². The number of ether oxygens (including phenoxy) is 2. The zero-order valence-electron chi connectivity index (χ0n) is 13.6. The van der Waals surface area contributed by atoms with Gasteiger partial charge in [-0.3, -0.25) is 14.2 Å². The summed E-state index contributed by atoms with van der Waals surface area (Å²) >= 11 is 0. The van der Waals surface area contributed by atoms with Gasteiger partial charge in [-0.1, -0.05) is 12.1 Å². The molecule has 1 amide bonds. The van der Waals surface area contributed by atoms with E-state index in [1.54, 1.807) is 26.0 Å². The molecule has 7 nitrogen and oxygen atoms in total. The lowest BCUT2D eigenvalue weighted by Crippen LogP contribution is -2.49. The van der Waals surface area contributed by atoms with E-state index in [1.807, 2.05) is 12.1 Å².